The third kappa shape index (κ3) is 5.19. The Hall–Kier alpha value is -4.53. The van der Waals surface area contributed by atoms with Gasteiger partial charge in [0.2, 0.25) is 10.0 Å². The van der Waals surface area contributed by atoms with Crippen LogP contribution in [-0.2, 0) is 23.2 Å². The molecule has 2 heterocycles. The summed E-state index contributed by atoms with van der Waals surface area (Å²) in [5.41, 5.74) is 2.90. The standard InChI is InChI=1S/C33H29N3O4S/c1-33(19-5-4-11-31(33)41(34,38)39)32(37)28-8-6-10-30-27(28)18-20-36(30)21-23-12-16-26(17-13-23)40-22-25-15-14-24-7-2-3-9-29(24)35-25/h2-20,31H,21-22H2,1H3,(H2,34,38,39). The molecule has 0 bridgehead atoms. The summed E-state index contributed by atoms with van der Waals surface area (Å²) in [7, 11) is -3.99. The summed E-state index contributed by atoms with van der Waals surface area (Å²) < 4.78 is 32.7. The number of pyridine rings is 1. The molecule has 2 N–H and O–H groups in total. The molecule has 6 rings (SSSR count). The summed E-state index contributed by atoms with van der Waals surface area (Å²) >= 11 is 0. The zero-order chi connectivity index (χ0) is 28.6. The van der Waals surface area contributed by atoms with Gasteiger partial charge in [-0.1, -0.05) is 72.8 Å². The number of para-hydroxylation sites is 1. The molecule has 1 aliphatic rings. The average molecular weight is 564 g/mol. The van der Waals surface area contributed by atoms with Gasteiger partial charge < -0.3 is 9.30 Å². The maximum absolute atomic E-state index is 13.8. The number of carbonyl (C=O) groups excluding carboxylic acids is 1. The lowest BCUT2D eigenvalue weighted by atomic mass is 9.76. The average Bonchev–Trinajstić information content (AvgIpc) is 3.38. The van der Waals surface area contributed by atoms with Crippen LogP contribution in [0.15, 0.2) is 115 Å². The molecule has 0 radical (unpaired) electrons. The van der Waals surface area contributed by atoms with E-state index in [2.05, 4.69) is 9.55 Å². The number of aromatic nitrogens is 2. The van der Waals surface area contributed by atoms with Gasteiger partial charge in [-0.15, -0.1) is 0 Å². The molecule has 3 aromatic carbocycles. The molecule has 2 atom stereocenters. The number of ether oxygens (including phenoxy) is 1. The predicted octanol–water partition coefficient (Wildman–Crippen LogP) is 5.79. The van der Waals surface area contributed by atoms with Crippen molar-refractivity contribution >= 4 is 37.6 Å². The van der Waals surface area contributed by atoms with Crippen LogP contribution in [0.25, 0.3) is 21.8 Å². The highest BCUT2D eigenvalue weighted by atomic mass is 32.2. The Labute approximate surface area is 238 Å². The number of sulfonamides is 1. The van der Waals surface area contributed by atoms with Gasteiger partial charge in [0.1, 0.15) is 17.6 Å². The summed E-state index contributed by atoms with van der Waals surface area (Å²) in [6, 6.07) is 27.3. The van der Waals surface area contributed by atoms with Gasteiger partial charge in [-0.05, 0) is 48.9 Å². The van der Waals surface area contributed by atoms with Crippen molar-refractivity contribution in [2.24, 2.45) is 10.6 Å². The van der Waals surface area contributed by atoms with Crippen molar-refractivity contribution < 1.29 is 17.9 Å². The minimum atomic E-state index is -3.99. The zero-order valence-electron chi connectivity index (χ0n) is 22.5. The number of hydrogen-bond acceptors (Lipinski definition) is 5. The molecule has 0 amide bonds. The Kier molecular flexibility index (Phi) is 6.81. The molecule has 0 aliphatic heterocycles. The maximum atomic E-state index is 13.8. The third-order valence-electron chi connectivity index (χ3n) is 7.65. The lowest BCUT2D eigenvalue weighted by molar-refractivity contribution is 0.0874. The SMILES string of the molecule is CC1(C(=O)c2cccc3c2ccn3Cc2ccc(OCc3ccc4ccccc4n3)cc2)C=CC=CC1S(N)(=O)=O. The Bertz CT molecular complexity index is 1940. The van der Waals surface area contributed by atoms with E-state index < -0.39 is 20.7 Å². The summed E-state index contributed by atoms with van der Waals surface area (Å²) in [4.78, 5) is 18.5. The number of hydrogen-bond donors (Lipinski definition) is 1. The molecule has 41 heavy (non-hydrogen) atoms. The number of ketones is 1. The predicted molar refractivity (Wildman–Crippen MR) is 161 cm³/mol. The number of carbonyl (C=O) groups is 1. The zero-order valence-corrected chi connectivity index (χ0v) is 23.3. The van der Waals surface area contributed by atoms with Crippen molar-refractivity contribution in [1.82, 2.24) is 9.55 Å². The van der Waals surface area contributed by atoms with Crippen LogP contribution in [-0.4, -0.2) is 29.0 Å². The van der Waals surface area contributed by atoms with Crippen molar-refractivity contribution in [3.63, 3.8) is 0 Å². The highest BCUT2D eigenvalue weighted by Gasteiger charge is 2.45. The number of nitrogens with zero attached hydrogens (tertiary/aromatic N) is 2. The van der Waals surface area contributed by atoms with Crippen LogP contribution in [0.5, 0.6) is 5.75 Å². The molecule has 2 unspecified atom stereocenters. The van der Waals surface area contributed by atoms with Crippen LogP contribution >= 0.6 is 0 Å². The number of primary sulfonamides is 1. The fourth-order valence-corrected chi connectivity index (χ4v) is 6.63. The fraction of sp³-hybridized carbons (Fsp3) is 0.152. The van der Waals surface area contributed by atoms with Crippen LogP contribution in [0.3, 0.4) is 0 Å². The van der Waals surface area contributed by atoms with E-state index in [4.69, 9.17) is 9.88 Å². The van der Waals surface area contributed by atoms with E-state index in [1.54, 1.807) is 31.2 Å². The highest BCUT2D eigenvalue weighted by molar-refractivity contribution is 7.90. The van der Waals surface area contributed by atoms with Crippen LogP contribution in [0, 0.1) is 5.41 Å². The second-order valence-electron chi connectivity index (χ2n) is 10.5. The van der Waals surface area contributed by atoms with Gasteiger partial charge in [0.25, 0.3) is 0 Å². The molecule has 0 fully saturated rings. The van der Waals surface area contributed by atoms with E-state index >= 15 is 0 Å². The minimum absolute atomic E-state index is 0.289. The van der Waals surface area contributed by atoms with Gasteiger partial charge in [0.05, 0.1) is 16.6 Å². The molecule has 2 aromatic heterocycles. The molecule has 0 spiro atoms. The first kappa shape index (κ1) is 26.7. The van der Waals surface area contributed by atoms with E-state index in [0.717, 1.165) is 38.8 Å². The molecule has 1 aliphatic carbocycles. The molecule has 7 nitrogen and oxygen atoms in total. The van der Waals surface area contributed by atoms with Gasteiger partial charge in [-0.3, -0.25) is 4.79 Å². The number of rotatable bonds is 8. The van der Waals surface area contributed by atoms with Gasteiger partial charge >= 0.3 is 0 Å². The van der Waals surface area contributed by atoms with Gasteiger partial charge in [0, 0.05) is 34.6 Å². The smallest absolute Gasteiger partial charge is 0.216 e. The molecule has 8 heteroatoms. The molecular weight excluding hydrogens is 534 g/mol. The quantitative estimate of drug-likeness (QED) is 0.241. The molecule has 0 saturated heterocycles. The van der Waals surface area contributed by atoms with E-state index in [9.17, 15) is 13.2 Å². The monoisotopic (exact) mass is 563 g/mol. The summed E-state index contributed by atoms with van der Waals surface area (Å²) in [6.45, 7) is 2.59. The van der Waals surface area contributed by atoms with Crippen LogP contribution in [0.1, 0.15) is 28.5 Å². The van der Waals surface area contributed by atoms with E-state index in [1.807, 2.05) is 85.1 Å². The second kappa shape index (κ2) is 10.5. The second-order valence-corrected chi connectivity index (χ2v) is 12.2. The first-order valence-electron chi connectivity index (χ1n) is 13.3. The Balaban J connectivity index is 1.19. The molecule has 206 valence electrons. The summed E-state index contributed by atoms with van der Waals surface area (Å²) in [5.74, 6) is 0.462. The Morgan fingerprint density at radius 3 is 2.59 bits per heavy atom. The summed E-state index contributed by atoms with van der Waals surface area (Å²) in [6.07, 6.45) is 8.34. The number of benzene rings is 3. The van der Waals surface area contributed by atoms with Crippen molar-refractivity contribution in [2.45, 2.75) is 25.3 Å². The number of Topliss-reactive ketones (excluding diaryl/α,β-unsaturated/α-hetero) is 1. The normalized spacial score (nSPS) is 18.6. The fourth-order valence-electron chi connectivity index (χ4n) is 5.45. The largest absolute Gasteiger partial charge is 0.487 e. The maximum Gasteiger partial charge on any atom is 0.216 e. The van der Waals surface area contributed by atoms with E-state index in [0.29, 0.717) is 18.7 Å². The third-order valence-corrected chi connectivity index (χ3v) is 9.01. The van der Waals surface area contributed by atoms with Crippen molar-refractivity contribution in [3.05, 3.63) is 132 Å². The van der Waals surface area contributed by atoms with Crippen LogP contribution < -0.4 is 9.88 Å². The van der Waals surface area contributed by atoms with Gasteiger partial charge in [-0.25, -0.2) is 18.5 Å². The Morgan fingerprint density at radius 1 is 0.976 bits per heavy atom. The van der Waals surface area contributed by atoms with Gasteiger partial charge in [-0.2, -0.15) is 0 Å². The van der Waals surface area contributed by atoms with Crippen LogP contribution in [0.4, 0.5) is 0 Å². The first-order chi connectivity index (χ1) is 19.7. The van der Waals surface area contributed by atoms with Crippen molar-refractivity contribution in [1.29, 1.82) is 0 Å². The lowest BCUT2D eigenvalue weighted by Gasteiger charge is -2.32. The summed E-state index contributed by atoms with van der Waals surface area (Å²) in [5, 5.41) is 6.22. The van der Waals surface area contributed by atoms with Crippen molar-refractivity contribution in [2.75, 3.05) is 0 Å². The van der Waals surface area contributed by atoms with E-state index in [1.165, 1.54) is 6.08 Å². The van der Waals surface area contributed by atoms with Gasteiger partial charge in [0.15, 0.2) is 5.78 Å². The number of allylic oxidation sites excluding steroid dienone is 3. The Morgan fingerprint density at radius 2 is 1.78 bits per heavy atom. The molecule has 5 aromatic rings. The van der Waals surface area contributed by atoms with E-state index in [-0.39, 0.29) is 5.78 Å². The first-order valence-corrected chi connectivity index (χ1v) is 14.9. The molecule has 0 saturated carbocycles. The number of nitrogens with two attached hydrogens (primary N) is 1. The number of fused-ring (bicyclic) bond motifs is 2. The lowest BCUT2D eigenvalue weighted by Crippen LogP contribution is -2.45. The minimum Gasteiger partial charge on any atom is -0.487 e. The highest BCUT2D eigenvalue weighted by Crippen LogP contribution is 2.37. The topological polar surface area (TPSA) is 104 Å². The van der Waals surface area contributed by atoms with Crippen molar-refractivity contribution in [3.8, 4) is 5.75 Å². The van der Waals surface area contributed by atoms with Crippen LogP contribution in [0.2, 0.25) is 0 Å². The molecular formula is C33H29N3O4S.